The average Bonchev–Trinajstić information content (AvgIpc) is 2.90. The normalized spacial score (nSPS) is 11.9. The summed E-state index contributed by atoms with van der Waals surface area (Å²) in [5.41, 5.74) is 1.25. The zero-order valence-corrected chi connectivity index (χ0v) is 12.5. The molecular weight excluding hydrogens is 284 g/mol. The first-order valence-corrected chi connectivity index (χ1v) is 7.39. The summed E-state index contributed by atoms with van der Waals surface area (Å²) in [6, 6.07) is 10.5. The van der Waals surface area contributed by atoms with E-state index >= 15 is 0 Å². The van der Waals surface area contributed by atoms with Gasteiger partial charge in [-0.25, -0.2) is 0 Å². The van der Waals surface area contributed by atoms with Crippen molar-refractivity contribution in [2.45, 2.75) is 19.3 Å². The van der Waals surface area contributed by atoms with Gasteiger partial charge in [-0.3, -0.25) is 9.59 Å². The van der Waals surface area contributed by atoms with Gasteiger partial charge in [0.25, 0.3) is 0 Å². The summed E-state index contributed by atoms with van der Waals surface area (Å²) in [6.45, 7) is 5.54. The second-order valence-corrected chi connectivity index (χ2v) is 6.06. The van der Waals surface area contributed by atoms with Crippen molar-refractivity contribution in [1.82, 2.24) is 0 Å². The van der Waals surface area contributed by atoms with Crippen LogP contribution in [0.1, 0.15) is 38.0 Å². The summed E-state index contributed by atoms with van der Waals surface area (Å²) in [5, 5.41) is 9.20. The van der Waals surface area contributed by atoms with Gasteiger partial charge in [0.2, 0.25) is 5.78 Å². The smallest absolute Gasteiger partial charge is 0.311 e. The quantitative estimate of drug-likeness (QED) is 0.647. The minimum Gasteiger partial charge on any atom is -0.481 e. The van der Waals surface area contributed by atoms with Crippen molar-refractivity contribution in [3.8, 4) is 0 Å². The van der Waals surface area contributed by atoms with E-state index in [1.54, 1.807) is 30.3 Å². The summed E-state index contributed by atoms with van der Waals surface area (Å²) in [6.07, 6.45) is 1.96. The van der Waals surface area contributed by atoms with E-state index in [9.17, 15) is 14.7 Å². The number of hydrogen-bond acceptors (Lipinski definition) is 3. The largest absolute Gasteiger partial charge is 0.481 e. The van der Waals surface area contributed by atoms with Gasteiger partial charge in [-0.15, -0.1) is 17.9 Å². The summed E-state index contributed by atoms with van der Waals surface area (Å²) in [4.78, 5) is 25.3. The Hall–Kier alpha value is -2.20. The molecule has 4 heteroatoms. The molecule has 0 aliphatic rings. The molecule has 1 atom stereocenters. The second kappa shape index (κ2) is 6.50. The summed E-state index contributed by atoms with van der Waals surface area (Å²) < 4.78 is 0. The molecule has 3 nitrogen and oxygen atoms in total. The molecule has 108 valence electrons. The van der Waals surface area contributed by atoms with E-state index in [0.29, 0.717) is 22.4 Å². The first kappa shape index (κ1) is 15.2. The van der Waals surface area contributed by atoms with E-state index in [0.717, 1.165) is 4.88 Å². The molecule has 0 fully saturated rings. The van der Waals surface area contributed by atoms with Crippen LogP contribution >= 0.6 is 11.3 Å². The molecule has 0 aliphatic heterocycles. The van der Waals surface area contributed by atoms with Gasteiger partial charge in [0.05, 0.1) is 10.8 Å². The van der Waals surface area contributed by atoms with Crippen LogP contribution in [0.3, 0.4) is 0 Å². The van der Waals surface area contributed by atoms with E-state index in [-0.39, 0.29) is 5.78 Å². The SMILES string of the molecule is C=CCC(C(=O)O)c1ccc(C(=O)c2ccc(C)s2)cc1. The fourth-order valence-corrected chi connectivity index (χ4v) is 2.94. The van der Waals surface area contributed by atoms with Crippen LogP contribution in [0.4, 0.5) is 0 Å². The van der Waals surface area contributed by atoms with E-state index in [1.165, 1.54) is 11.3 Å². The van der Waals surface area contributed by atoms with Gasteiger partial charge < -0.3 is 5.11 Å². The number of hydrogen-bond donors (Lipinski definition) is 1. The van der Waals surface area contributed by atoms with E-state index in [4.69, 9.17) is 0 Å². The third-order valence-corrected chi connectivity index (χ3v) is 4.24. The predicted molar refractivity (Wildman–Crippen MR) is 84.1 cm³/mol. The number of carboxylic acids is 1. The molecule has 0 bridgehead atoms. The van der Waals surface area contributed by atoms with Gasteiger partial charge in [-0.1, -0.05) is 30.3 Å². The lowest BCUT2D eigenvalue weighted by atomic mass is 9.94. The van der Waals surface area contributed by atoms with Gasteiger partial charge in [0.15, 0.2) is 0 Å². The molecule has 0 amide bonds. The Morgan fingerprint density at radius 2 is 1.90 bits per heavy atom. The molecule has 0 spiro atoms. The standard InChI is InChI=1S/C17H16O3S/c1-3-4-14(17(19)20)12-6-8-13(9-7-12)16(18)15-10-5-11(2)21-15/h3,5-10,14H,1,4H2,2H3,(H,19,20). The molecule has 0 radical (unpaired) electrons. The maximum absolute atomic E-state index is 12.3. The van der Waals surface area contributed by atoms with Crippen LogP contribution in [0.2, 0.25) is 0 Å². The Morgan fingerprint density at radius 3 is 2.38 bits per heavy atom. The summed E-state index contributed by atoms with van der Waals surface area (Å²) in [5.74, 6) is -1.53. The Labute approximate surface area is 127 Å². The molecule has 0 aliphatic carbocycles. The van der Waals surface area contributed by atoms with Crippen molar-refractivity contribution in [2.75, 3.05) is 0 Å². The zero-order chi connectivity index (χ0) is 15.4. The summed E-state index contributed by atoms with van der Waals surface area (Å²) >= 11 is 1.46. The first-order chi connectivity index (χ1) is 10.0. The number of ketones is 1. The Balaban J connectivity index is 2.24. The molecular formula is C17H16O3S. The lowest BCUT2D eigenvalue weighted by molar-refractivity contribution is -0.138. The molecule has 1 heterocycles. The van der Waals surface area contributed by atoms with Crippen molar-refractivity contribution in [1.29, 1.82) is 0 Å². The summed E-state index contributed by atoms with van der Waals surface area (Å²) in [7, 11) is 0. The number of allylic oxidation sites excluding steroid dienone is 1. The number of carbonyl (C=O) groups is 2. The van der Waals surface area contributed by atoms with Crippen molar-refractivity contribution >= 4 is 23.1 Å². The van der Waals surface area contributed by atoms with Crippen LogP contribution in [0, 0.1) is 6.92 Å². The van der Waals surface area contributed by atoms with Gasteiger partial charge in [0.1, 0.15) is 0 Å². The van der Waals surface area contributed by atoms with Crippen LogP contribution < -0.4 is 0 Å². The molecule has 1 unspecified atom stereocenters. The third kappa shape index (κ3) is 3.47. The van der Waals surface area contributed by atoms with Gasteiger partial charge in [0, 0.05) is 10.4 Å². The molecule has 1 aromatic heterocycles. The highest BCUT2D eigenvalue weighted by atomic mass is 32.1. The van der Waals surface area contributed by atoms with Crippen LogP contribution in [-0.4, -0.2) is 16.9 Å². The minimum atomic E-state index is -0.886. The van der Waals surface area contributed by atoms with Crippen molar-refractivity contribution < 1.29 is 14.7 Å². The molecule has 0 saturated heterocycles. The topological polar surface area (TPSA) is 54.4 Å². The van der Waals surface area contributed by atoms with Crippen molar-refractivity contribution in [3.05, 3.63) is 69.9 Å². The number of aliphatic carboxylic acids is 1. The van der Waals surface area contributed by atoms with E-state index < -0.39 is 11.9 Å². The number of rotatable bonds is 6. The maximum atomic E-state index is 12.3. The van der Waals surface area contributed by atoms with Crippen molar-refractivity contribution in [2.24, 2.45) is 0 Å². The van der Waals surface area contributed by atoms with Gasteiger partial charge in [-0.05, 0) is 31.0 Å². The number of benzene rings is 1. The lowest BCUT2D eigenvalue weighted by Crippen LogP contribution is -2.11. The lowest BCUT2D eigenvalue weighted by Gasteiger charge is -2.10. The van der Waals surface area contributed by atoms with E-state index in [2.05, 4.69) is 6.58 Å². The Bertz CT molecular complexity index is 668. The third-order valence-electron chi connectivity index (χ3n) is 3.24. The second-order valence-electron chi connectivity index (χ2n) is 4.78. The Kier molecular flexibility index (Phi) is 4.70. The van der Waals surface area contributed by atoms with Crippen LogP contribution in [0.15, 0.2) is 49.1 Å². The number of aryl methyl sites for hydroxylation is 1. The predicted octanol–water partition coefficient (Wildman–Crippen LogP) is 4.03. The van der Waals surface area contributed by atoms with Crippen molar-refractivity contribution in [3.63, 3.8) is 0 Å². The van der Waals surface area contributed by atoms with Crippen LogP contribution in [-0.2, 0) is 4.79 Å². The zero-order valence-electron chi connectivity index (χ0n) is 11.7. The molecule has 1 N–H and O–H groups in total. The highest BCUT2D eigenvalue weighted by Gasteiger charge is 2.19. The number of carboxylic acid groups (broad SMARTS) is 1. The monoisotopic (exact) mass is 300 g/mol. The minimum absolute atomic E-state index is 0.0322. The molecule has 0 saturated carbocycles. The number of thiophene rings is 1. The highest BCUT2D eigenvalue weighted by molar-refractivity contribution is 7.14. The average molecular weight is 300 g/mol. The fourth-order valence-electron chi connectivity index (χ4n) is 2.11. The maximum Gasteiger partial charge on any atom is 0.311 e. The first-order valence-electron chi connectivity index (χ1n) is 6.57. The fraction of sp³-hybridized carbons (Fsp3) is 0.176. The van der Waals surface area contributed by atoms with Gasteiger partial charge in [-0.2, -0.15) is 0 Å². The molecule has 1 aromatic carbocycles. The number of carbonyl (C=O) groups excluding carboxylic acids is 1. The van der Waals surface area contributed by atoms with E-state index in [1.807, 2.05) is 19.1 Å². The molecule has 2 aromatic rings. The highest BCUT2D eigenvalue weighted by Crippen LogP contribution is 2.23. The van der Waals surface area contributed by atoms with Crippen LogP contribution in [0.5, 0.6) is 0 Å². The molecule has 2 rings (SSSR count). The molecule has 21 heavy (non-hydrogen) atoms. The Morgan fingerprint density at radius 1 is 1.24 bits per heavy atom. The van der Waals surface area contributed by atoms with Gasteiger partial charge >= 0.3 is 5.97 Å². The van der Waals surface area contributed by atoms with Crippen LogP contribution in [0.25, 0.3) is 0 Å².